The molecule has 2 amide bonds. The summed E-state index contributed by atoms with van der Waals surface area (Å²) in [6, 6.07) is 3.98. The van der Waals surface area contributed by atoms with Gasteiger partial charge in [0.05, 0.1) is 16.7 Å². The fourth-order valence-corrected chi connectivity index (χ4v) is 2.09. The van der Waals surface area contributed by atoms with Gasteiger partial charge in [-0.25, -0.2) is 0 Å². The lowest BCUT2D eigenvalue weighted by molar-refractivity contribution is -0.143. The number of phenols is 1. The Morgan fingerprint density at radius 3 is 1.89 bits per heavy atom. The summed E-state index contributed by atoms with van der Waals surface area (Å²) in [4.78, 5) is 20.6. The molecule has 0 radical (unpaired) electrons. The molecular formula is C16H11ClF6N2O3. The van der Waals surface area contributed by atoms with E-state index in [1.807, 2.05) is 5.32 Å². The van der Waals surface area contributed by atoms with Crippen molar-refractivity contribution in [2.45, 2.75) is 12.4 Å². The average Bonchev–Trinajstić information content (AvgIpc) is 2.56. The van der Waals surface area contributed by atoms with Crippen molar-refractivity contribution in [3.05, 3.63) is 58.1 Å². The van der Waals surface area contributed by atoms with Gasteiger partial charge >= 0.3 is 12.4 Å². The zero-order valence-electron chi connectivity index (χ0n) is 13.5. The molecule has 0 atom stereocenters. The minimum atomic E-state index is -5.04. The van der Waals surface area contributed by atoms with Crippen LogP contribution in [0.2, 0.25) is 5.02 Å². The second-order valence-corrected chi connectivity index (χ2v) is 5.48. The van der Waals surface area contributed by atoms with Crippen molar-refractivity contribution in [2.75, 3.05) is 5.32 Å². The molecule has 12 heteroatoms. The van der Waals surface area contributed by atoms with E-state index in [9.17, 15) is 36.2 Å². The number of rotatable bonds is 2. The van der Waals surface area contributed by atoms with Gasteiger partial charge < -0.3 is 16.2 Å². The number of carbonyl (C=O) groups is 2. The van der Waals surface area contributed by atoms with Crippen LogP contribution in [0.25, 0.3) is 0 Å². The van der Waals surface area contributed by atoms with E-state index in [0.717, 1.165) is 12.1 Å². The summed E-state index contributed by atoms with van der Waals surface area (Å²) in [6.07, 6.45) is -9.84. The molecule has 28 heavy (non-hydrogen) atoms. The molecule has 152 valence electrons. The molecule has 0 aliphatic heterocycles. The third-order valence-electron chi connectivity index (χ3n) is 3.05. The number of hydrogen-bond donors (Lipinski definition) is 3. The Morgan fingerprint density at radius 1 is 1.00 bits per heavy atom. The minimum Gasteiger partial charge on any atom is -0.507 e. The van der Waals surface area contributed by atoms with Gasteiger partial charge in [-0.3, -0.25) is 9.59 Å². The van der Waals surface area contributed by atoms with Crippen molar-refractivity contribution >= 4 is 29.6 Å². The Balaban J connectivity index is 0.00000122. The molecule has 0 saturated carbocycles. The van der Waals surface area contributed by atoms with Crippen LogP contribution in [0.4, 0.5) is 32.0 Å². The average molecular weight is 429 g/mol. The zero-order chi connectivity index (χ0) is 21.7. The molecule has 0 heterocycles. The number of phenolic OH excluding ortho intramolecular Hbond substituents is 1. The first-order valence-corrected chi connectivity index (χ1v) is 7.42. The molecule has 0 aromatic heterocycles. The van der Waals surface area contributed by atoms with E-state index in [1.54, 1.807) is 0 Å². The molecular weight excluding hydrogens is 418 g/mol. The lowest BCUT2D eigenvalue weighted by Gasteiger charge is -2.15. The van der Waals surface area contributed by atoms with Gasteiger partial charge in [-0.1, -0.05) is 11.6 Å². The van der Waals surface area contributed by atoms with Gasteiger partial charge in [-0.2, -0.15) is 26.3 Å². The monoisotopic (exact) mass is 428 g/mol. The molecule has 0 bridgehead atoms. The van der Waals surface area contributed by atoms with Crippen molar-refractivity contribution < 1.29 is 41.0 Å². The number of anilines is 1. The van der Waals surface area contributed by atoms with E-state index >= 15 is 0 Å². The van der Waals surface area contributed by atoms with Gasteiger partial charge in [0.2, 0.25) is 6.41 Å². The molecule has 0 unspecified atom stereocenters. The number of nitrogens with two attached hydrogens (primary N) is 1. The lowest BCUT2D eigenvalue weighted by Crippen LogP contribution is -2.16. The number of carbonyl (C=O) groups excluding carboxylic acids is 2. The Hall–Kier alpha value is -2.95. The standard InChI is InChI=1S/C15H8ClF6NO2.CH3NO/c16-9-1-2-12(24)11(6-9)13(25)23-10-4-7(14(17,18)19)3-8(5-10)15(20,21)22;2-1-3/h1-6,24H,(H,23,25);1H,(H2,2,3). The molecule has 2 aromatic rings. The zero-order valence-corrected chi connectivity index (χ0v) is 14.3. The molecule has 4 N–H and O–H groups in total. The fourth-order valence-electron chi connectivity index (χ4n) is 1.92. The van der Waals surface area contributed by atoms with Gasteiger partial charge in [0.15, 0.2) is 0 Å². The predicted molar refractivity (Wildman–Crippen MR) is 87.8 cm³/mol. The van der Waals surface area contributed by atoms with Crippen LogP contribution in [-0.4, -0.2) is 17.4 Å². The van der Waals surface area contributed by atoms with Crippen molar-refractivity contribution in [1.29, 1.82) is 0 Å². The molecule has 0 saturated heterocycles. The summed E-state index contributed by atoms with van der Waals surface area (Å²) in [5, 5.41) is 11.5. The summed E-state index contributed by atoms with van der Waals surface area (Å²) in [5.41, 5.74) is -0.120. The van der Waals surface area contributed by atoms with Crippen LogP contribution >= 0.6 is 11.6 Å². The first-order valence-electron chi connectivity index (χ1n) is 7.04. The van der Waals surface area contributed by atoms with Crippen LogP contribution in [0.3, 0.4) is 0 Å². The van der Waals surface area contributed by atoms with E-state index < -0.39 is 46.4 Å². The van der Waals surface area contributed by atoms with Crippen LogP contribution in [0.15, 0.2) is 36.4 Å². The molecule has 5 nitrogen and oxygen atoms in total. The van der Waals surface area contributed by atoms with E-state index in [0.29, 0.717) is 12.1 Å². The van der Waals surface area contributed by atoms with Crippen molar-refractivity contribution in [3.8, 4) is 5.75 Å². The van der Waals surface area contributed by atoms with E-state index in [2.05, 4.69) is 5.73 Å². The van der Waals surface area contributed by atoms with Gasteiger partial charge in [0, 0.05) is 10.7 Å². The third-order valence-corrected chi connectivity index (χ3v) is 3.28. The van der Waals surface area contributed by atoms with Crippen molar-refractivity contribution in [2.24, 2.45) is 5.73 Å². The van der Waals surface area contributed by atoms with Crippen molar-refractivity contribution in [1.82, 2.24) is 0 Å². The summed E-state index contributed by atoms with van der Waals surface area (Å²) >= 11 is 5.65. The first-order chi connectivity index (χ1) is 12.8. The minimum absolute atomic E-state index is 0.0444. The highest BCUT2D eigenvalue weighted by molar-refractivity contribution is 6.31. The number of benzene rings is 2. The fraction of sp³-hybridized carbons (Fsp3) is 0.125. The van der Waals surface area contributed by atoms with Gasteiger partial charge in [0.1, 0.15) is 5.75 Å². The maximum atomic E-state index is 12.8. The molecule has 0 aliphatic rings. The molecule has 0 spiro atoms. The molecule has 2 rings (SSSR count). The highest BCUT2D eigenvalue weighted by atomic mass is 35.5. The van der Waals surface area contributed by atoms with Crippen LogP contribution in [0, 0.1) is 0 Å². The quantitative estimate of drug-likeness (QED) is 0.488. The Bertz CT molecular complexity index is 836. The number of primary amides is 1. The maximum Gasteiger partial charge on any atom is 0.416 e. The first kappa shape index (κ1) is 23.1. The van der Waals surface area contributed by atoms with Crippen LogP contribution in [0.1, 0.15) is 21.5 Å². The van der Waals surface area contributed by atoms with E-state index in [-0.39, 0.29) is 17.5 Å². The number of halogens is 7. The number of aromatic hydroxyl groups is 1. The number of hydrogen-bond acceptors (Lipinski definition) is 3. The Morgan fingerprint density at radius 2 is 1.46 bits per heavy atom. The van der Waals surface area contributed by atoms with Crippen LogP contribution in [-0.2, 0) is 17.1 Å². The second kappa shape index (κ2) is 8.83. The lowest BCUT2D eigenvalue weighted by atomic mass is 10.1. The summed E-state index contributed by atoms with van der Waals surface area (Å²) in [7, 11) is 0. The van der Waals surface area contributed by atoms with Gasteiger partial charge in [-0.05, 0) is 36.4 Å². The van der Waals surface area contributed by atoms with Crippen molar-refractivity contribution in [3.63, 3.8) is 0 Å². The van der Waals surface area contributed by atoms with Gasteiger partial charge in [0.25, 0.3) is 5.91 Å². The van der Waals surface area contributed by atoms with Crippen LogP contribution in [0.5, 0.6) is 5.75 Å². The van der Waals surface area contributed by atoms with Gasteiger partial charge in [-0.15, -0.1) is 0 Å². The number of alkyl halides is 6. The normalized spacial score (nSPS) is 11.2. The number of amides is 2. The number of nitrogens with one attached hydrogen (secondary N) is 1. The van der Waals surface area contributed by atoms with Crippen LogP contribution < -0.4 is 11.1 Å². The Labute approximate surface area is 158 Å². The maximum absolute atomic E-state index is 12.8. The second-order valence-electron chi connectivity index (χ2n) is 5.05. The molecule has 0 fully saturated rings. The highest BCUT2D eigenvalue weighted by Gasteiger charge is 2.37. The summed E-state index contributed by atoms with van der Waals surface area (Å²) in [5.74, 6) is -1.66. The molecule has 0 aliphatic carbocycles. The third kappa shape index (κ3) is 6.34. The predicted octanol–water partition coefficient (Wildman–Crippen LogP) is 4.44. The largest absolute Gasteiger partial charge is 0.507 e. The summed E-state index contributed by atoms with van der Waals surface area (Å²) < 4.78 is 76.7. The molecule has 2 aromatic carbocycles. The Kier molecular flexibility index (Phi) is 7.28. The SMILES string of the molecule is NC=O.O=C(Nc1cc(C(F)(F)F)cc(C(F)(F)F)c1)c1cc(Cl)ccc1O. The van der Waals surface area contributed by atoms with E-state index in [4.69, 9.17) is 16.4 Å². The van der Waals surface area contributed by atoms with E-state index in [1.165, 1.54) is 6.07 Å². The smallest absolute Gasteiger partial charge is 0.416 e. The highest BCUT2D eigenvalue weighted by Crippen LogP contribution is 2.37. The topological polar surface area (TPSA) is 92.4 Å². The summed E-state index contributed by atoms with van der Waals surface area (Å²) in [6.45, 7) is 0.